The monoisotopic (exact) mass is 258 g/mol. The SMILES string of the molecule is COCCN(CC(C)C)C(CNC(C)C)C(C)C. The van der Waals surface area contributed by atoms with E-state index < -0.39 is 0 Å². The summed E-state index contributed by atoms with van der Waals surface area (Å²) in [6, 6.07) is 1.14. The molecule has 18 heavy (non-hydrogen) atoms. The fourth-order valence-electron chi connectivity index (χ4n) is 2.21. The van der Waals surface area contributed by atoms with E-state index in [9.17, 15) is 0 Å². The number of rotatable bonds is 10. The summed E-state index contributed by atoms with van der Waals surface area (Å²) in [4.78, 5) is 2.58. The van der Waals surface area contributed by atoms with Crippen LogP contribution in [0.15, 0.2) is 0 Å². The Morgan fingerprint density at radius 3 is 2.06 bits per heavy atom. The van der Waals surface area contributed by atoms with Crippen LogP contribution in [0.1, 0.15) is 41.5 Å². The van der Waals surface area contributed by atoms with Gasteiger partial charge in [-0.3, -0.25) is 4.90 Å². The van der Waals surface area contributed by atoms with Crippen LogP contribution in [0.4, 0.5) is 0 Å². The van der Waals surface area contributed by atoms with E-state index in [1.807, 2.05) is 0 Å². The summed E-state index contributed by atoms with van der Waals surface area (Å²) in [6.07, 6.45) is 0. The fourth-order valence-corrected chi connectivity index (χ4v) is 2.21. The first-order valence-electron chi connectivity index (χ1n) is 7.34. The van der Waals surface area contributed by atoms with Crippen LogP contribution in [0.5, 0.6) is 0 Å². The molecule has 1 unspecified atom stereocenters. The highest BCUT2D eigenvalue weighted by atomic mass is 16.5. The van der Waals surface area contributed by atoms with Crippen LogP contribution >= 0.6 is 0 Å². The van der Waals surface area contributed by atoms with Gasteiger partial charge in [-0.25, -0.2) is 0 Å². The van der Waals surface area contributed by atoms with Crippen molar-refractivity contribution < 1.29 is 4.74 Å². The summed E-state index contributed by atoms with van der Waals surface area (Å²) in [7, 11) is 1.78. The molecule has 0 aromatic heterocycles. The number of nitrogens with one attached hydrogen (secondary N) is 1. The smallest absolute Gasteiger partial charge is 0.0589 e. The quantitative estimate of drug-likeness (QED) is 0.652. The van der Waals surface area contributed by atoms with Gasteiger partial charge in [0.1, 0.15) is 0 Å². The summed E-state index contributed by atoms with van der Waals surface area (Å²) >= 11 is 0. The van der Waals surface area contributed by atoms with Crippen LogP contribution < -0.4 is 5.32 Å². The minimum absolute atomic E-state index is 0.551. The topological polar surface area (TPSA) is 24.5 Å². The van der Waals surface area contributed by atoms with Crippen LogP contribution in [-0.2, 0) is 4.74 Å². The molecule has 0 rings (SSSR count). The van der Waals surface area contributed by atoms with E-state index in [2.05, 4.69) is 51.8 Å². The second-order valence-corrected chi connectivity index (χ2v) is 6.26. The molecule has 3 nitrogen and oxygen atoms in total. The van der Waals surface area contributed by atoms with Gasteiger partial charge >= 0.3 is 0 Å². The molecule has 0 radical (unpaired) electrons. The third kappa shape index (κ3) is 8.06. The summed E-state index contributed by atoms with van der Waals surface area (Å²) in [5, 5.41) is 3.57. The van der Waals surface area contributed by atoms with Crippen LogP contribution in [0.25, 0.3) is 0 Å². The lowest BCUT2D eigenvalue weighted by Gasteiger charge is -2.36. The number of hydrogen-bond acceptors (Lipinski definition) is 3. The predicted molar refractivity (Wildman–Crippen MR) is 80.1 cm³/mol. The number of methoxy groups -OCH3 is 1. The van der Waals surface area contributed by atoms with Crippen molar-refractivity contribution in [1.29, 1.82) is 0 Å². The van der Waals surface area contributed by atoms with Crippen molar-refractivity contribution in [3.05, 3.63) is 0 Å². The van der Waals surface area contributed by atoms with Crippen molar-refractivity contribution in [2.24, 2.45) is 11.8 Å². The first-order chi connectivity index (χ1) is 8.38. The molecular formula is C15H34N2O. The highest BCUT2D eigenvalue weighted by molar-refractivity contribution is 4.78. The van der Waals surface area contributed by atoms with E-state index in [1.54, 1.807) is 7.11 Å². The number of hydrogen-bond donors (Lipinski definition) is 1. The van der Waals surface area contributed by atoms with Crippen LogP contribution in [0.3, 0.4) is 0 Å². The standard InChI is InChI=1S/C15H34N2O/c1-12(2)11-17(8-9-18-7)15(13(3)4)10-16-14(5)6/h12-16H,8-11H2,1-7H3. The summed E-state index contributed by atoms with van der Waals surface area (Å²) in [6.45, 7) is 17.7. The Balaban J connectivity index is 4.51. The molecule has 0 aliphatic carbocycles. The lowest BCUT2D eigenvalue weighted by atomic mass is 10.0. The Morgan fingerprint density at radius 2 is 1.67 bits per heavy atom. The molecule has 1 atom stereocenters. The summed E-state index contributed by atoms with van der Waals surface area (Å²) in [5.74, 6) is 1.36. The van der Waals surface area contributed by atoms with E-state index in [0.717, 1.165) is 26.2 Å². The lowest BCUT2D eigenvalue weighted by molar-refractivity contribution is 0.0886. The molecule has 0 aromatic carbocycles. The van der Waals surface area contributed by atoms with Crippen molar-refractivity contribution >= 4 is 0 Å². The molecule has 0 aromatic rings. The van der Waals surface area contributed by atoms with Crippen LogP contribution in [0.2, 0.25) is 0 Å². The first-order valence-corrected chi connectivity index (χ1v) is 7.34. The van der Waals surface area contributed by atoms with Gasteiger partial charge < -0.3 is 10.1 Å². The zero-order valence-corrected chi connectivity index (χ0v) is 13.5. The van der Waals surface area contributed by atoms with Crippen molar-refractivity contribution in [2.45, 2.75) is 53.6 Å². The van der Waals surface area contributed by atoms with E-state index in [4.69, 9.17) is 4.74 Å². The van der Waals surface area contributed by atoms with E-state index >= 15 is 0 Å². The number of nitrogens with zero attached hydrogens (tertiary/aromatic N) is 1. The molecule has 0 aliphatic heterocycles. The summed E-state index contributed by atoms with van der Waals surface area (Å²) < 4.78 is 5.25. The van der Waals surface area contributed by atoms with Crippen LogP contribution in [-0.4, -0.2) is 50.3 Å². The molecule has 0 fully saturated rings. The summed E-state index contributed by atoms with van der Waals surface area (Å²) in [5.41, 5.74) is 0. The number of ether oxygens (including phenoxy) is 1. The molecule has 0 bridgehead atoms. The van der Waals surface area contributed by atoms with Crippen molar-refractivity contribution in [3.63, 3.8) is 0 Å². The van der Waals surface area contributed by atoms with Gasteiger partial charge in [0.15, 0.2) is 0 Å². The normalized spacial score (nSPS) is 14.2. The van der Waals surface area contributed by atoms with Gasteiger partial charge in [-0.15, -0.1) is 0 Å². The fraction of sp³-hybridized carbons (Fsp3) is 1.00. The van der Waals surface area contributed by atoms with E-state index in [1.165, 1.54) is 0 Å². The van der Waals surface area contributed by atoms with Gasteiger partial charge in [0.25, 0.3) is 0 Å². The average molecular weight is 258 g/mol. The Hall–Kier alpha value is -0.120. The average Bonchev–Trinajstić information content (AvgIpc) is 2.24. The van der Waals surface area contributed by atoms with E-state index in [0.29, 0.717) is 23.9 Å². The maximum atomic E-state index is 5.25. The predicted octanol–water partition coefficient (Wildman–Crippen LogP) is 2.61. The second-order valence-electron chi connectivity index (χ2n) is 6.26. The van der Waals surface area contributed by atoms with Gasteiger partial charge in [0.05, 0.1) is 6.61 Å². The third-order valence-electron chi connectivity index (χ3n) is 3.16. The molecule has 1 N–H and O–H groups in total. The van der Waals surface area contributed by atoms with Crippen molar-refractivity contribution in [3.8, 4) is 0 Å². The molecule has 3 heteroatoms. The maximum absolute atomic E-state index is 5.25. The zero-order chi connectivity index (χ0) is 14.1. The van der Waals surface area contributed by atoms with Gasteiger partial charge in [-0.1, -0.05) is 41.5 Å². The highest BCUT2D eigenvalue weighted by Crippen LogP contribution is 2.13. The molecule has 0 saturated heterocycles. The molecular weight excluding hydrogens is 224 g/mol. The molecule has 0 heterocycles. The molecule has 0 aliphatic rings. The van der Waals surface area contributed by atoms with Crippen molar-refractivity contribution in [2.75, 3.05) is 33.4 Å². The third-order valence-corrected chi connectivity index (χ3v) is 3.16. The van der Waals surface area contributed by atoms with Gasteiger partial charge in [-0.05, 0) is 11.8 Å². The largest absolute Gasteiger partial charge is 0.383 e. The van der Waals surface area contributed by atoms with E-state index in [-0.39, 0.29) is 0 Å². The minimum atomic E-state index is 0.551. The molecule has 0 saturated carbocycles. The van der Waals surface area contributed by atoms with Crippen LogP contribution in [0, 0.1) is 11.8 Å². The Morgan fingerprint density at radius 1 is 1.06 bits per heavy atom. The Labute approximate surface area is 114 Å². The highest BCUT2D eigenvalue weighted by Gasteiger charge is 2.22. The molecule has 0 amide bonds. The van der Waals surface area contributed by atoms with Gasteiger partial charge in [0, 0.05) is 38.8 Å². The van der Waals surface area contributed by atoms with Gasteiger partial charge in [-0.2, -0.15) is 0 Å². The van der Waals surface area contributed by atoms with Gasteiger partial charge in [0.2, 0.25) is 0 Å². The Kier molecular flexibility index (Phi) is 9.70. The molecule has 110 valence electrons. The maximum Gasteiger partial charge on any atom is 0.0589 e. The molecule has 0 spiro atoms. The minimum Gasteiger partial charge on any atom is -0.383 e. The van der Waals surface area contributed by atoms with Crippen molar-refractivity contribution in [1.82, 2.24) is 10.2 Å². The zero-order valence-electron chi connectivity index (χ0n) is 13.5. The lowest BCUT2D eigenvalue weighted by Crippen LogP contribution is -2.49. The first kappa shape index (κ1) is 17.9. The second kappa shape index (κ2) is 9.76. The Bertz CT molecular complexity index is 193.